The molecule has 98 valence electrons. The molecule has 0 aliphatic rings. The van der Waals surface area contributed by atoms with Gasteiger partial charge in [-0.1, -0.05) is 20.8 Å². The topological polar surface area (TPSA) is 78.5 Å². The van der Waals surface area contributed by atoms with Crippen LogP contribution in [0.3, 0.4) is 0 Å². The Morgan fingerprint density at radius 2 is 2.11 bits per heavy atom. The number of anilines is 2. The Balaban J connectivity index is 2.39. The Morgan fingerprint density at radius 1 is 1.33 bits per heavy atom. The van der Waals surface area contributed by atoms with Crippen LogP contribution >= 0.6 is 0 Å². The van der Waals surface area contributed by atoms with Crippen LogP contribution < -0.4 is 10.6 Å². The SMILES string of the molecule is CCC(Nc1nc(NC)nc2[nH]ncc12)C(C)C. The molecule has 1 unspecified atom stereocenters. The van der Waals surface area contributed by atoms with Gasteiger partial charge in [-0.2, -0.15) is 15.1 Å². The standard InChI is InChI=1S/C12H20N6/c1-5-9(7(2)3)15-10-8-6-14-18-11(8)17-12(13-4)16-10/h6-7,9H,5H2,1-4H3,(H3,13,14,15,16,17,18). The van der Waals surface area contributed by atoms with E-state index >= 15 is 0 Å². The van der Waals surface area contributed by atoms with Gasteiger partial charge in [0.2, 0.25) is 5.95 Å². The fourth-order valence-corrected chi connectivity index (χ4v) is 1.97. The third-order valence-electron chi connectivity index (χ3n) is 3.10. The van der Waals surface area contributed by atoms with Crippen LogP contribution in [0.5, 0.6) is 0 Å². The minimum Gasteiger partial charge on any atom is -0.366 e. The normalized spacial score (nSPS) is 12.9. The van der Waals surface area contributed by atoms with E-state index < -0.39 is 0 Å². The Kier molecular flexibility index (Phi) is 3.64. The molecule has 1 atom stereocenters. The van der Waals surface area contributed by atoms with E-state index in [0.29, 0.717) is 17.9 Å². The fourth-order valence-electron chi connectivity index (χ4n) is 1.97. The van der Waals surface area contributed by atoms with Gasteiger partial charge in [-0.3, -0.25) is 5.10 Å². The third kappa shape index (κ3) is 2.37. The number of hydrogen-bond acceptors (Lipinski definition) is 5. The number of fused-ring (bicyclic) bond motifs is 1. The number of nitrogens with zero attached hydrogens (tertiary/aromatic N) is 3. The maximum atomic E-state index is 4.47. The van der Waals surface area contributed by atoms with Gasteiger partial charge in [-0.25, -0.2) is 0 Å². The van der Waals surface area contributed by atoms with Crippen molar-refractivity contribution in [2.45, 2.75) is 33.2 Å². The van der Waals surface area contributed by atoms with Gasteiger partial charge in [0.25, 0.3) is 0 Å². The highest BCUT2D eigenvalue weighted by Gasteiger charge is 2.15. The third-order valence-corrected chi connectivity index (χ3v) is 3.10. The van der Waals surface area contributed by atoms with Gasteiger partial charge in [-0.05, 0) is 12.3 Å². The molecule has 0 amide bonds. The molecule has 0 aliphatic heterocycles. The summed E-state index contributed by atoms with van der Waals surface area (Å²) in [6.45, 7) is 6.58. The maximum Gasteiger partial charge on any atom is 0.226 e. The first-order chi connectivity index (χ1) is 8.65. The Bertz CT molecular complexity index is 518. The van der Waals surface area contributed by atoms with Gasteiger partial charge >= 0.3 is 0 Å². The lowest BCUT2D eigenvalue weighted by atomic mass is 10.0. The summed E-state index contributed by atoms with van der Waals surface area (Å²) < 4.78 is 0. The molecule has 6 nitrogen and oxygen atoms in total. The van der Waals surface area contributed by atoms with E-state index in [2.05, 4.69) is 51.6 Å². The summed E-state index contributed by atoms with van der Waals surface area (Å²) in [5.41, 5.74) is 0.746. The van der Waals surface area contributed by atoms with Crippen molar-refractivity contribution in [2.75, 3.05) is 17.7 Å². The van der Waals surface area contributed by atoms with Crippen LogP contribution in [-0.2, 0) is 0 Å². The minimum absolute atomic E-state index is 0.391. The Hall–Kier alpha value is -1.85. The Labute approximate surface area is 107 Å². The first-order valence-corrected chi connectivity index (χ1v) is 6.31. The molecule has 0 saturated carbocycles. The first-order valence-electron chi connectivity index (χ1n) is 6.31. The van der Waals surface area contributed by atoms with E-state index in [9.17, 15) is 0 Å². The molecule has 2 heterocycles. The number of aromatic nitrogens is 4. The second-order valence-electron chi connectivity index (χ2n) is 4.68. The monoisotopic (exact) mass is 248 g/mol. The largest absolute Gasteiger partial charge is 0.366 e. The summed E-state index contributed by atoms with van der Waals surface area (Å²) >= 11 is 0. The van der Waals surface area contributed by atoms with Crippen molar-refractivity contribution in [1.82, 2.24) is 20.2 Å². The van der Waals surface area contributed by atoms with Crippen LogP contribution in [0.4, 0.5) is 11.8 Å². The van der Waals surface area contributed by atoms with Crippen molar-refractivity contribution in [3.8, 4) is 0 Å². The van der Waals surface area contributed by atoms with Crippen LogP contribution in [0, 0.1) is 5.92 Å². The van der Waals surface area contributed by atoms with Crippen molar-refractivity contribution in [3.63, 3.8) is 0 Å². The number of rotatable bonds is 5. The summed E-state index contributed by atoms with van der Waals surface area (Å²) in [4.78, 5) is 8.78. The van der Waals surface area contributed by atoms with Crippen LogP contribution in [0.1, 0.15) is 27.2 Å². The van der Waals surface area contributed by atoms with Gasteiger partial charge in [0.15, 0.2) is 5.65 Å². The number of aromatic amines is 1. The van der Waals surface area contributed by atoms with E-state index in [1.165, 1.54) is 0 Å². The number of H-pyrrole nitrogens is 1. The molecule has 2 rings (SSSR count). The Morgan fingerprint density at radius 3 is 2.72 bits per heavy atom. The average Bonchev–Trinajstić information content (AvgIpc) is 2.83. The van der Waals surface area contributed by atoms with E-state index in [1.54, 1.807) is 13.2 Å². The van der Waals surface area contributed by atoms with E-state index in [0.717, 1.165) is 23.3 Å². The molecule has 0 aromatic carbocycles. The number of nitrogens with one attached hydrogen (secondary N) is 3. The molecular weight excluding hydrogens is 228 g/mol. The van der Waals surface area contributed by atoms with Gasteiger partial charge in [-0.15, -0.1) is 0 Å². The van der Waals surface area contributed by atoms with Crippen LogP contribution in [0.15, 0.2) is 6.20 Å². The lowest BCUT2D eigenvalue weighted by Crippen LogP contribution is -2.25. The first kappa shape index (κ1) is 12.6. The molecule has 0 aliphatic carbocycles. The van der Waals surface area contributed by atoms with E-state index in [-0.39, 0.29) is 0 Å². The van der Waals surface area contributed by atoms with Gasteiger partial charge in [0.05, 0.1) is 11.6 Å². The minimum atomic E-state index is 0.391. The zero-order valence-electron chi connectivity index (χ0n) is 11.3. The molecule has 3 N–H and O–H groups in total. The maximum absolute atomic E-state index is 4.47. The zero-order valence-corrected chi connectivity index (χ0v) is 11.3. The summed E-state index contributed by atoms with van der Waals surface area (Å²) in [6, 6.07) is 0.391. The molecule has 2 aromatic rings. The molecule has 0 bridgehead atoms. The van der Waals surface area contributed by atoms with Crippen LogP contribution in [0.2, 0.25) is 0 Å². The van der Waals surface area contributed by atoms with Crippen LogP contribution in [-0.4, -0.2) is 33.3 Å². The molecule has 0 spiro atoms. The molecule has 0 radical (unpaired) electrons. The smallest absolute Gasteiger partial charge is 0.226 e. The fraction of sp³-hybridized carbons (Fsp3) is 0.583. The van der Waals surface area contributed by atoms with Gasteiger partial charge in [0.1, 0.15) is 5.82 Å². The van der Waals surface area contributed by atoms with Crippen molar-refractivity contribution < 1.29 is 0 Å². The molecule has 6 heteroatoms. The second kappa shape index (κ2) is 5.20. The summed E-state index contributed by atoms with van der Waals surface area (Å²) in [6.07, 6.45) is 2.81. The highest BCUT2D eigenvalue weighted by atomic mass is 15.2. The summed E-state index contributed by atoms with van der Waals surface area (Å²) in [7, 11) is 1.81. The number of hydrogen-bond donors (Lipinski definition) is 3. The molecule has 18 heavy (non-hydrogen) atoms. The lowest BCUT2D eigenvalue weighted by Gasteiger charge is -2.21. The zero-order chi connectivity index (χ0) is 13.1. The van der Waals surface area contributed by atoms with E-state index in [1.807, 2.05) is 0 Å². The summed E-state index contributed by atoms with van der Waals surface area (Å²) in [5.74, 6) is 1.97. The van der Waals surface area contributed by atoms with Gasteiger partial charge in [0, 0.05) is 13.1 Å². The lowest BCUT2D eigenvalue weighted by molar-refractivity contribution is 0.510. The molecule has 0 saturated heterocycles. The van der Waals surface area contributed by atoms with Crippen molar-refractivity contribution in [1.29, 1.82) is 0 Å². The van der Waals surface area contributed by atoms with Crippen molar-refractivity contribution in [3.05, 3.63) is 6.20 Å². The highest BCUT2D eigenvalue weighted by Crippen LogP contribution is 2.22. The molecule has 2 aromatic heterocycles. The molecule has 0 fully saturated rings. The predicted octanol–water partition coefficient (Wildman–Crippen LogP) is 2.24. The van der Waals surface area contributed by atoms with Crippen molar-refractivity contribution >= 4 is 22.8 Å². The highest BCUT2D eigenvalue weighted by molar-refractivity contribution is 5.87. The summed E-state index contributed by atoms with van der Waals surface area (Å²) in [5, 5.41) is 14.3. The second-order valence-corrected chi connectivity index (χ2v) is 4.68. The average molecular weight is 248 g/mol. The van der Waals surface area contributed by atoms with Crippen molar-refractivity contribution in [2.24, 2.45) is 5.92 Å². The molecular formula is C12H20N6. The van der Waals surface area contributed by atoms with Gasteiger partial charge < -0.3 is 10.6 Å². The predicted molar refractivity (Wildman–Crippen MR) is 73.8 cm³/mol. The van der Waals surface area contributed by atoms with E-state index in [4.69, 9.17) is 0 Å². The quantitative estimate of drug-likeness (QED) is 0.756. The van der Waals surface area contributed by atoms with Crippen LogP contribution in [0.25, 0.3) is 11.0 Å².